The molecule has 200 valence electrons. The Morgan fingerprint density at radius 2 is 1.67 bits per heavy atom. The van der Waals surface area contributed by atoms with Crippen molar-refractivity contribution in [1.82, 2.24) is 15.0 Å². The van der Waals surface area contributed by atoms with Crippen molar-refractivity contribution in [3.05, 3.63) is 83.5 Å². The molecule has 0 radical (unpaired) electrons. The van der Waals surface area contributed by atoms with Crippen molar-refractivity contribution in [1.29, 1.82) is 0 Å². The molecule has 7 heteroatoms. The molecule has 0 saturated heterocycles. The van der Waals surface area contributed by atoms with Crippen molar-refractivity contribution >= 4 is 27.4 Å². The number of aryl methyl sites for hydroxylation is 2. The average Bonchev–Trinajstić information content (AvgIpc) is 3.30. The molecule has 39 heavy (non-hydrogen) atoms. The van der Waals surface area contributed by atoms with E-state index in [1.54, 1.807) is 30.8 Å². The van der Waals surface area contributed by atoms with E-state index in [1.165, 1.54) is 5.56 Å². The van der Waals surface area contributed by atoms with Crippen molar-refractivity contribution in [3.8, 4) is 34.0 Å². The third kappa shape index (κ3) is 6.04. The predicted octanol–water partition coefficient (Wildman–Crippen LogP) is 7.82. The third-order valence-corrected chi connectivity index (χ3v) is 7.56. The minimum Gasteiger partial charge on any atom is -0.496 e. The zero-order valence-corrected chi connectivity index (χ0v) is 23.7. The van der Waals surface area contributed by atoms with Crippen molar-refractivity contribution < 1.29 is 9.47 Å². The number of rotatable bonds is 11. The Labute approximate surface area is 234 Å². The molecule has 0 aliphatic carbocycles. The predicted molar refractivity (Wildman–Crippen MR) is 161 cm³/mol. The van der Waals surface area contributed by atoms with Crippen molar-refractivity contribution in [2.24, 2.45) is 5.92 Å². The van der Waals surface area contributed by atoms with E-state index in [9.17, 15) is 0 Å². The van der Waals surface area contributed by atoms with Crippen LogP contribution in [0.15, 0.2) is 73.1 Å². The highest BCUT2D eigenvalue weighted by Crippen LogP contribution is 2.47. The summed E-state index contributed by atoms with van der Waals surface area (Å²) in [6, 6.07) is 20.4. The number of aromatic nitrogens is 3. The molecule has 0 bridgehead atoms. The average molecular weight is 539 g/mol. The van der Waals surface area contributed by atoms with E-state index in [2.05, 4.69) is 61.4 Å². The van der Waals surface area contributed by atoms with Crippen molar-refractivity contribution in [2.45, 2.75) is 33.6 Å². The van der Waals surface area contributed by atoms with Crippen LogP contribution in [0, 0.1) is 12.8 Å². The second-order valence-electron chi connectivity index (χ2n) is 9.90. The van der Waals surface area contributed by atoms with Crippen LogP contribution in [-0.2, 0) is 6.42 Å². The Morgan fingerprint density at radius 3 is 2.41 bits per heavy atom. The summed E-state index contributed by atoms with van der Waals surface area (Å²) in [5, 5.41) is 3.62. The lowest BCUT2D eigenvalue weighted by molar-refractivity contribution is 0.271. The summed E-state index contributed by atoms with van der Waals surface area (Å²) in [5.41, 5.74) is 5.10. The van der Waals surface area contributed by atoms with Crippen LogP contribution in [-0.4, -0.2) is 35.2 Å². The number of methoxy groups -OCH3 is 1. The zero-order chi connectivity index (χ0) is 27.2. The second kappa shape index (κ2) is 12.3. The van der Waals surface area contributed by atoms with Gasteiger partial charge in [0.05, 0.1) is 29.5 Å². The molecule has 6 nitrogen and oxygen atoms in total. The third-order valence-electron chi connectivity index (χ3n) is 6.46. The fourth-order valence-corrected chi connectivity index (χ4v) is 5.65. The van der Waals surface area contributed by atoms with Crippen LogP contribution in [0.3, 0.4) is 0 Å². The first-order valence-corrected chi connectivity index (χ1v) is 14.2. The zero-order valence-electron chi connectivity index (χ0n) is 22.9. The lowest BCUT2D eigenvalue weighted by Crippen LogP contribution is -2.07. The minimum absolute atomic E-state index is 0.400. The quantitative estimate of drug-likeness (QED) is 0.173. The standard InChI is InChI=1S/C32H34N4O2S/c1-21(2)20-38-26-14-8-13-25(37-4)28(26)27-22(3)39-30-29(27)35-31(24-15-18-33-19-16-24)36-32(30)34-17-9-12-23-10-6-5-7-11-23/h5-8,10-11,13-16,18-19,21H,9,12,17,20H2,1-4H3,(H,34,35,36). The molecule has 0 unspecified atom stereocenters. The second-order valence-corrected chi connectivity index (χ2v) is 11.1. The fourth-order valence-electron chi connectivity index (χ4n) is 4.58. The molecule has 0 spiro atoms. The van der Waals surface area contributed by atoms with E-state index in [0.29, 0.717) is 18.3 Å². The molecule has 5 rings (SSSR count). The van der Waals surface area contributed by atoms with Gasteiger partial charge in [0.15, 0.2) is 5.82 Å². The first-order chi connectivity index (χ1) is 19.0. The van der Waals surface area contributed by atoms with Gasteiger partial charge in [-0.3, -0.25) is 4.98 Å². The Hall–Kier alpha value is -3.97. The van der Waals surface area contributed by atoms with Gasteiger partial charge in [0, 0.05) is 34.9 Å². The summed E-state index contributed by atoms with van der Waals surface area (Å²) in [6.07, 6.45) is 5.55. The van der Waals surface area contributed by atoms with Crippen LogP contribution in [0.4, 0.5) is 5.82 Å². The molecule has 2 aromatic carbocycles. The highest BCUT2D eigenvalue weighted by molar-refractivity contribution is 7.20. The molecular formula is C32H34N4O2S. The summed E-state index contributed by atoms with van der Waals surface area (Å²) in [4.78, 5) is 15.4. The lowest BCUT2D eigenvalue weighted by atomic mass is 10.0. The van der Waals surface area contributed by atoms with Crippen LogP contribution >= 0.6 is 11.3 Å². The number of nitrogens with zero attached hydrogens (tertiary/aromatic N) is 3. The number of anilines is 1. The van der Waals surface area contributed by atoms with Gasteiger partial charge < -0.3 is 14.8 Å². The van der Waals surface area contributed by atoms with E-state index in [-0.39, 0.29) is 0 Å². The summed E-state index contributed by atoms with van der Waals surface area (Å²) in [6.45, 7) is 7.85. The molecule has 1 N–H and O–H groups in total. The molecule has 0 amide bonds. The highest BCUT2D eigenvalue weighted by atomic mass is 32.1. The molecule has 0 fully saturated rings. The normalized spacial score (nSPS) is 11.2. The number of fused-ring (bicyclic) bond motifs is 1. The van der Waals surface area contributed by atoms with Gasteiger partial charge in [-0.15, -0.1) is 11.3 Å². The van der Waals surface area contributed by atoms with E-state index in [0.717, 1.165) is 68.5 Å². The van der Waals surface area contributed by atoms with Crippen LogP contribution in [0.2, 0.25) is 0 Å². The molecule has 0 aliphatic rings. The maximum Gasteiger partial charge on any atom is 0.162 e. The molecule has 0 saturated carbocycles. The fraction of sp³-hybridized carbons (Fsp3) is 0.281. The topological polar surface area (TPSA) is 69.2 Å². The van der Waals surface area contributed by atoms with E-state index < -0.39 is 0 Å². The number of hydrogen-bond donors (Lipinski definition) is 1. The Morgan fingerprint density at radius 1 is 0.897 bits per heavy atom. The SMILES string of the molecule is COc1cccc(OCC(C)C)c1-c1c(C)sc2c(NCCCc3ccccc3)nc(-c3ccncc3)nc12. The number of hydrogen-bond acceptors (Lipinski definition) is 7. The van der Waals surface area contributed by atoms with Crippen LogP contribution < -0.4 is 14.8 Å². The molecule has 3 heterocycles. The van der Waals surface area contributed by atoms with E-state index >= 15 is 0 Å². The highest BCUT2D eigenvalue weighted by Gasteiger charge is 2.24. The molecule has 5 aromatic rings. The van der Waals surface area contributed by atoms with Gasteiger partial charge in [-0.05, 0) is 55.5 Å². The summed E-state index contributed by atoms with van der Waals surface area (Å²) >= 11 is 1.70. The summed E-state index contributed by atoms with van der Waals surface area (Å²) < 4.78 is 13.2. The van der Waals surface area contributed by atoms with E-state index in [1.807, 2.05) is 30.3 Å². The van der Waals surface area contributed by atoms with Gasteiger partial charge in [0.2, 0.25) is 0 Å². The molecular weight excluding hydrogens is 504 g/mol. The molecule has 0 aliphatic heterocycles. The van der Waals surface area contributed by atoms with Gasteiger partial charge in [-0.25, -0.2) is 9.97 Å². The maximum atomic E-state index is 6.29. The smallest absolute Gasteiger partial charge is 0.162 e. The van der Waals surface area contributed by atoms with Gasteiger partial charge in [-0.2, -0.15) is 0 Å². The van der Waals surface area contributed by atoms with Crippen molar-refractivity contribution in [3.63, 3.8) is 0 Å². The van der Waals surface area contributed by atoms with Crippen LogP contribution in [0.25, 0.3) is 32.7 Å². The Bertz CT molecular complexity index is 1530. The minimum atomic E-state index is 0.400. The Balaban J connectivity index is 1.59. The molecule has 0 atom stereocenters. The van der Waals surface area contributed by atoms with Gasteiger partial charge in [-0.1, -0.05) is 50.2 Å². The number of thiophene rings is 1. The maximum absolute atomic E-state index is 6.29. The van der Waals surface area contributed by atoms with E-state index in [4.69, 9.17) is 19.4 Å². The van der Waals surface area contributed by atoms with Gasteiger partial charge in [0.1, 0.15) is 17.3 Å². The number of benzene rings is 2. The Kier molecular flexibility index (Phi) is 8.37. The molecule has 3 aromatic heterocycles. The van der Waals surface area contributed by atoms with Crippen molar-refractivity contribution in [2.75, 3.05) is 25.6 Å². The number of pyridine rings is 1. The first-order valence-electron chi connectivity index (χ1n) is 13.3. The number of ether oxygens (including phenoxy) is 2. The van der Waals surface area contributed by atoms with Crippen LogP contribution in [0.5, 0.6) is 11.5 Å². The summed E-state index contributed by atoms with van der Waals surface area (Å²) in [7, 11) is 1.70. The van der Waals surface area contributed by atoms with Crippen LogP contribution in [0.1, 0.15) is 30.7 Å². The largest absolute Gasteiger partial charge is 0.496 e. The van der Waals surface area contributed by atoms with Gasteiger partial charge in [0.25, 0.3) is 0 Å². The lowest BCUT2D eigenvalue weighted by Gasteiger charge is -2.17. The van der Waals surface area contributed by atoms with Gasteiger partial charge >= 0.3 is 0 Å². The number of nitrogens with one attached hydrogen (secondary N) is 1. The monoisotopic (exact) mass is 538 g/mol. The first kappa shape index (κ1) is 26.6. The summed E-state index contributed by atoms with van der Waals surface area (Å²) in [5.74, 6) is 3.47.